The molecule has 4 rings (SSSR count). The number of hydrogen-bond donors (Lipinski definition) is 1. The van der Waals surface area contributed by atoms with Gasteiger partial charge < -0.3 is 10.3 Å². The van der Waals surface area contributed by atoms with E-state index >= 15 is 0 Å². The molecule has 0 unspecified atom stereocenters. The second-order valence-electron chi connectivity index (χ2n) is 6.26. The fourth-order valence-corrected chi connectivity index (χ4v) is 3.87. The Morgan fingerprint density at radius 1 is 1.24 bits per heavy atom. The minimum Gasteiger partial charge on any atom is -0.370 e. The van der Waals surface area contributed by atoms with E-state index in [2.05, 4.69) is 37.9 Å². The number of benzene rings is 1. The molecular weight excluding hydrogens is 334 g/mol. The van der Waals surface area contributed by atoms with Crippen LogP contribution < -0.4 is 5.73 Å². The van der Waals surface area contributed by atoms with E-state index in [1.54, 1.807) is 11.8 Å². The quantitative estimate of drug-likeness (QED) is 0.660. The summed E-state index contributed by atoms with van der Waals surface area (Å²) in [5.41, 5.74) is 7.50. The number of thioether (sulfide) groups is 1. The molecule has 0 saturated heterocycles. The van der Waals surface area contributed by atoms with Crippen molar-refractivity contribution in [2.45, 2.75) is 42.6 Å². The van der Waals surface area contributed by atoms with Crippen LogP contribution in [0, 0.1) is 0 Å². The summed E-state index contributed by atoms with van der Waals surface area (Å²) in [5.74, 6) is 1.92. The zero-order valence-corrected chi connectivity index (χ0v) is 14.6. The largest absolute Gasteiger partial charge is 0.370 e. The lowest BCUT2D eigenvalue weighted by Crippen LogP contribution is -2.15. The molecular formula is C18H19N5OS. The highest BCUT2D eigenvalue weighted by molar-refractivity contribution is 7.98. The fraction of sp³-hybridized carbons (Fsp3) is 0.333. The SMILES string of the molecule is NC(=O)CCn1c(SCc2cccc3cccnc23)nnc1C1CC1. The van der Waals surface area contributed by atoms with E-state index in [4.69, 9.17) is 5.73 Å². The van der Waals surface area contributed by atoms with E-state index < -0.39 is 0 Å². The van der Waals surface area contributed by atoms with Crippen LogP contribution in [0.15, 0.2) is 41.7 Å². The summed E-state index contributed by atoms with van der Waals surface area (Å²) in [6.07, 6.45) is 4.41. The van der Waals surface area contributed by atoms with Gasteiger partial charge in [-0.25, -0.2) is 0 Å². The lowest BCUT2D eigenvalue weighted by molar-refractivity contribution is -0.118. The molecule has 25 heavy (non-hydrogen) atoms. The second kappa shape index (κ2) is 6.84. The number of fused-ring (bicyclic) bond motifs is 1. The summed E-state index contributed by atoms with van der Waals surface area (Å²) >= 11 is 1.63. The second-order valence-corrected chi connectivity index (χ2v) is 7.21. The number of amides is 1. The van der Waals surface area contributed by atoms with E-state index in [0.29, 0.717) is 18.9 Å². The molecule has 1 aliphatic rings. The first-order chi connectivity index (χ1) is 12.2. The van der Waals surface area contributed by atoms with Crippen LogP contribution in [0.25, 0.3) is 10.9 Å². The molecule has 0 radical (unpaired) electrons. The minimum atomic E-state index is -0.301. The molecule has 1 amide bonds. The molecule has 2 aromatic heterocycles. The zero-order valence-electron chi connectivity index (χ0n) is 13.8. The van der Waals surface area contributed by atoms with Gasteiger partial charge in [-0.15, -0.1) is 10.2 Å². The van der Waals surface area contributed by atoms with Gasteiger partial charge in [-0.2, -0.15) is 0 Å². The molecule has 0 aliphatic heterocycles. The summed E-state index contributed by atoms with van der Waals surface area (Å²) in [5, 5.41) is 10.7. The number of primary amides is 1. The van der Waals surface area contributed by atoms with Crippen LogP contribution in [0.4, 0.5) is 0 Å². The molecule has 0 bridgehead atoms. The third-order valence-corrected chi connectivity index (χ3v) is 5.36. The van der Waals surface area contributed by atoms with Gasteiger partial charge in [-0.3, -0.25) is 9.78 Å². The van der Waals surface area contributed by atoms with Crippen molar-refractivity contribution in [3.8, 4) is 0 Å². The maximum absolute atomic E-state index is 11.2. The first kappa shape index (κ1) is 16.1. The first-order valence-electron chi connectivity index (χ1n) is 8.39. The predicted octanol–water partition coefficient (Wildman–Crippen LogP) is 2.87. The maximum Gasteiger partial charge on any atom is 0.219 e. The molecule has 1 saturated carbocycles. The van der Waals surface area contributed by atoms with Crippen LogP contribution in [0.2, 0.25) is 0 Å². The van der Waals surface area contributed by atoms with Gasteiger partial charge >= 0.3 is 0 Å². The Morgan fingerprint density at radius 3 is 2.88 bits per heavy atom. The topological polar surface area (TPSA) is 86.7 Å². The Kier molecular flexibility index (Phi) is 4.40. The normalized spacial score (nSPS) is 14.1. The monoisotopic (exact) mass is 353 g/mol. The van der Waals surface area contributed by atoms with Gasteiger partial charge in [-0.05, 0) is 24.5 Å². The third kappa shape index (κ3) is 3.51. The zero-order chi connectivity index (χ0) is 17.2. The van der Waals surface area contributed by atoms with Gasteiger partial charge in [0.05, 0.1) is 5.52 Å². The molecule has 2 N–H and O–H groups in total. The number of nitrogens with zero attached hydrogens (tertiary/aromatic N) is 4. The summed E-state index contributed by atoms with van der Waals surface area (Å²) < 4.78 is 2.06. The van der Waals surface area contributed by atoms with Crippen LogP contribution in [0.3, 0.4) is 0 Å². The number of nitrogens with two attached hydrogens (primary N) is 1. The highest BCUT2D eigenvalue weighted by atomic mass is 32.2. The lowest BCUT2D eigenvalue weighted by Gasteiger charge is -2.09. The number of para-hydroxylation sites is 1. The Morgan fingerprint density at radius 2 is 2.08 bits per heavy atom. The number of hydrogen-bond acceptors (Lipinski definition) is 5. The van der Waals surface area contributed by atoms with Gasteiger partial charge in [0.15, 0.2) is 5.16 Å². The van der Waals surface area contributed by atoms with Crippen LogP contribution >= 0.6 is 11.8 Å². The highest BCUT2D eigenvalue weighted by Gasteiger charge is 2.30. The van der Waals surface area contributed by atoms with Crippen molar-refractivity contribution < 1.29 is 4.79 Å². The van der Waals surface area contributed by atoms with E-state index in [0.717, 1.165) is 40.5 Å². The van der Waals surface area contributed by atoms with Gasteiger partial charge in [-0.1, -0.05) is 36.0 Å². The summed E-state index contributed by atoms with van der Waals surface area (Å²) in [7, 11) is 0. The van der Waals surface area contributed by atoms with E-state index in [-0.39, 0.29) is 5.91 Å². The lowest BCUT2D eigenvalue weighted by atomic mass is 10.1. The van der Waals surface area contributed by atoms with Gasteiger partial charge in [0.1, 0.15) is 5.82 Å². The Balaban J connectivity index is 1.57. The number of rotatable bonds is 7. The standard InChI is InChI=1S/C18H19N5OS/c19-15(24)8-10-23-17(13-6-7-13)21-22-18(23)25-11-14-4-1-3-12-5-2-9-20-16(12)14/h1-5,9,13H,6-8,10-11H2,(H2,19,24). The average molecular weight is 353 g/mol. The molecule has 2 heterocycles. The van der Waals surface area contributed by atoms with E-state index in [1.807, 2.05) is 18.3 Å². The highest BCUT2D eigenvalue weighted by Crippen LogP contribution is 2.40. The van der Waals surface area contributed by atoms with Crippen molar-refractivity contribution in [1.82, 2.24) is 19.7 Å². The van der Waals surface area contributed by atoms with Crippen LogP contribution in [0.1, 0.15) is 36.6 Å². The van der Waals surface area contributed by atoms with Crippen molar-refractivity contribution in [2.24, 2.45) is 5.73 Å². The molecule has 3 aromatic rings. The Labute approximate surface area is 149 Å². The third-order valence-electron chi connectivity index (χ3n) is 4.34. The van der Waals surface area contributed by atoms with Crippen molar-refractivity contribution in [3.63, 3.8) is 0 Å². The number of carbonyl (C=O) groups is 1. The smallest absolute Gasteiger partial charge is 0.219 e. The number of pyridine rings is 1. The van der Waals surface area contributed by atoms with Crippen molar-refractivity contribution in [2.75, 3.05) is 0 Å². The van der Waals surface area contributed by atoms with Gasteiger partial charge in [0.25, 0.3) is 0 Å². The Bertz CT molecular complexity index is 913. The van der Waals surface area contributed by atoms with Gasteiger partial charge in [0.2, 0.25) is 5.91 Å². The van der Waals surface area contributed by atoms with E-state index in [9.17, 15) is 4.79 Å². The molecule has 128 valence electrons. The summed E-state index contributed by atoms with van der Waals surface area (Å²) in [6.45, 7) is 0.546. The van der Waals surface area contributed by atoms with Crippen LogP contribution in [-0.2, 0) is 17.1 Å². The number of aromatic nitrogens is 4. The van der Waals surface area contributed by atoms with Crippen LogP contribution in [0.5, 0.6) is 0 Å². The maximum atomic E-state index is 11.2. The molecule has 1 fully saturated rings. The predicted molar refractivity (Wildman–Crippen MR) is 97.1 cm³/mol. The molecule has 1 aliphatic carbocycles. The summed E-state index contributed by atoms with van der Waals surface area (Å²) in [4.78, 5) is 15.7. The molecule has 6 nitrogen and oxygen atoms in total. The first-order valence-corrected chi connectivity index (χ1v) is 9.38. The number of carbonyl (C=O) groups excluding carboxylic acids is 1. The Hall–Kier alpha value is -2.41. The van der Waals surface area contributed by atoms with Crippen molar-refractivity contribution >= 4 is 28.6 Å². The van der Waals surface area contributed by atoms with Crippen molar-refractivity contribution in [3.05, 3.63) is 47.9 Å². The molecule has 0 atom stereocenters. The van der Waals surface area contributed by atoms with Gasteiger partial charge in [0, 0.05) is 36.2 Å². The van der Waals surface area contributed by atoms with E-state index in [1.165, 1.54) is 5.56 Å². The average Bonchev–Trinajstić information content (AvgIpc) is 3.39. The molecule has 7 heteroatoms. The molecule has 1 aromatic carbocycles. The van der Waals surface area contributed by atoms with Crippen LogP contribution in [-0.4, -0.2) is 25.7 Å². The fourth-order valence-electron chi connectivity index (χ4n) is 2.91. The molecule has 0 spiro atoms. The van der Waals surface area contributed by atoms with Crippen molar-refractivity contribution in [1.29, 1.82) is 0 Å². The summed E-state index contributed by atoms with van der Waals surface area (Å²) in [6, 6.07) is 10.2. The minimum absolute atomic E-state index is 0.301.